The Morgan fingerprint density at radius 2 is 2.20 bits per heavy atom. The van der Waals surface area contributed by atoms with Crippen LogP contribution in [0.2, 0.25) is 0 Å². The number of pyridine rings is 1. The molecule has 0 unspecified atom stereocenters. The second-order valence-electron chi connectivity index (χ2n) is 3.13. The summed E-state index contributed by atoms with van der Waals surface area (Å²) in [5.41, 5.74) is 0.530. The van der Waals surface area contributed by atoms with Gasteiger partial charge in [0.25, 0.3) is 0 Å². The summed E-state index contributed by atoms with van der Waals surface area (Å²) in [5.74, 6) is 0.540. The first kappa shape index (κ1) is 11.5. The van der Waals surface area contributed by atoms with Gasteiger partial charge in [0.05, 0.1) is 12.2 Å². The van der Waals surface area contributed by atoms with Gasteiger partial charge in [-0.15, -0.1) is 0 Å². The molecule has 0 saturated carbocycles. The summed E-state index contributed by atoms with van der Waals surface area (Å²) in [4.78, 5) is 3.97. The molecule has 0 aliphatic heterocycles. The van der Waals surface area contributed by atoms with Crippen molar-refractivity contribution in [3.63, 3.8) is 0 Å². The monoisotopic (exact) mass is 206 g/mol. The van der Waals surface area contributed by atoms with Crippen LogP contribution in [-0.2, 0) is 0 Å². The molecule has 4 heteroatoms. The highest BCUT2D eigenvalue weighted by Gasteiger charge is 1.95. The molecule has 80 valence electrons. The Morgan fingerprint density at radius 1 is 1.33 bits per heavy atom. The fourth-order valence-electron chi connectivity index (χ4n) is 1.10. The molecule has 15 heavy (non-hydrogen) atoms. The first-order chi connectivity index (χ1) is 7.36. The van der Waals surface area contributed by atoms with Crippen LogP contribution in [0.4, 0.5) is 0 Å². The zero-order chi connectivity index (χ0) is 10.9. The van der Waals surface area contributed by atoms with Crippen molar-refractivity contribution in [1.82, 2.24) is 4.98 Å². The number of hydrogen-bond acceptors (Lipinski definition) is 4. The van der Waals surface area contributed by atoms with E-state index in [9.17, 15) is 0 Å². The number of nitrogens with zero attached hydrogens (tertiary/aromatic N) is 2. The average Bonchev–Trinajstić information content (AvgIpc) is 2.30. The van der Waals surface area contributed by atoms with Crippen molar-refractivity contribution < 1.29 is 9.84 Å². The summed E-state index contributed by atoms with van der Waals surface area (Å²) >= 11 is 0. The van der Waals surface area contributed by atoms with E-state index < -0.39 is 0 Å². The lowest BCUT2D eigenvalue weighted by molar-refractivity contribution is 0.262. The molecule has 0 aromatic carbocycles. The summed E-state index contributed by atoms with van der Waals surface area (Å²) in [6, 6.07) is 5.35. The maximum absolute atomic E-state index is 8.56. The van der Waals surface area contributed by atoms with Gasteiger partial charge in [0.15, 0.2) is 0 Å². The maximum Gasteiger partial charge on any atom is 0.213 e. The lowest BCUT2D eigenvalue weighted by Crippen LogP contribution is -1.99. The van der Waals surface area contributed by atoms with Gasteiger partial charge in [0, 0.05) is 18.9 Å². The zero-order valence-electron chi connectivity index (χ0n) is 8.52. The molecule has 1 rings (SSSR count). The second kappa shape index (κ2) is 6.80. The molecule has 0 fully saturated rings. The Kier molecular flexibility index (Phi) is 5.20. The highest BCUT2D eigenvalue weighted by atomic mass is 16.5. The second-order valence-corrected chi connectivity index (χ2v) is 3.13. The fourth-order valence-corrected chi connectivity index (χ4v) is 1.10. The largest absolute Gasteiger partial charge is 0.478 e. The minimum atomic E-state index is 0.231. The van der Waals surface area contributed by atoms with Gasteiger partial charge >= 0.3 is 0 Å². The van der Waals surface area contributed by atoms with Crippen molar-refractivity contribution in [3.8, 4) is 11.9 Å². The van der Waals surface area contributed by atoms with Crippen LogP contribution in [0.1, 0.15) is 24.8 Å². The van der Waals surface area contributed by atoms with E-state index in [-0.39, 0.29) is 6.61 Å². The first-order valence-corrected chi connectivity index (χ1v) is 4.96. The van der Waals surface area contributed by atoms with Crippen LogP contribution < -0.4 is 4.74 Å². The third-order valence-electron chi connectivity index (χ3n) is 1.92. The van der Waals surface area contributed by atoms with Crippen molar-refractivity contribution in [1.29, 1.82) is 5.26 Å². The van der Waals surface area contributed by atoms with Crippen LogP contribution in [0.25, 0.3) is 0 Å². The summed E-state index contributed by atoms with van der Waals surface area (Å²) in [7, 11) is 0. The molecule has 0 aliphatic rings. The van der Waals surface area contributed by atoms with E-state index >= 15 is 0 Å². The SMILES string of the molecule is N#Cc1ccc(OCCCCCO)nc1. The third kappa shape index (κ3) is 4.43. The van der Waals surface area contributed by atoms with Crippen LogP contribution in [0, 0.1) is 11.3 Å². The number of unbranched alkanes of at least 4 members (excludes halogenated alkanes) is 2. The van der Waals surface area contributed by atoms with E-state index in [1.807, 2.05) is 6.07 Å². The highest BCUT2D eigenvalue weighted by molar-refractivity contribution is 5.28. The van der Waals surface area contributed by atoms with Gasteiger partial charge < -0.3 is 9.84 Å². The van der Waals surface area contributed by atoms with Crippen molar-refractivity contribution in [2.45, 2.75) is 19.3 Å². The normalized spacial score (nSPS) is 9.60. The number of ether oxygens (including phenoxy) is 1. The molecule has 0 aliphatic carbocycles. The van der Waals surface area contributed by atoms with Crippen LogP contribution in [0.15, 0.2) is 18.3 Å². The number of hydrogen-bond donors (Lipinski definition) is 1. The molecule has 1 aromatic heterocycles. The van der Waals surface area contributed by atoms with Gasteiger partial charge in [0.2, 0.25) is 5.88 Å². The van der Waals surface area contributed by atoms with Crippen molar-refractivity contribution in [3.05, 3.63) is 23.9 Å². The predicted molar refractivity (Wildman–Crippen MR) is 55.4 cm³/mol. The lowest BCUT2D eigenvalue weighted by Gasteiger charge is -2.03. The van der Waals surface area contributed by atoms with Gasteiger partial charge in [-0.05, 0) is 25.3 Å². The number of aromatic nitrogens is 1. The Labute approximate surface area is 89.1 Å². The van der Waals surface area contributed by atoms with E-state index in [0.717, 1.165) is 19.3 Å². The molecule has 0 saturated heterocycles. The van der Waals surface area contributed by atoms with E-state index in [4.69, 9.17) is 15.1 Å². The Hall–Kier alpha value is -1.60. The van der Waals surface area contributed by atoms with Gasteiger partial charge in [0.1, 0.15) is 6.07 Å². The van der Waals surface area contributed by atoms with Gasteiger partial charge in [-0.2, -0.15) is 5.26 Å². The van der Waals surface area contributed by atoms with Gasteiger partial charge in [-0.3, -0.25) is 0 Å². The Morgan fingerprint density at radius 3 is 2.80 bits per heavy atom. The molecule has 0 spiro atoms. The molecular formula is C11H14N2O2. The van der Waals surface area contributed by atoms with E-state index in [0.29, 0.717) is 18.1 Å². The van der Waals surface area contributed by atoms with Crippen LogP contribution in [0.3, 0.4) is 0 Å². The van der Waals surface area contributed by atoms with E-state index in [1.54, 1.807) is 12.1 Å². The van der Waals surface area contributed by atoms with E-state index in [1.165, 1.54) is 6.20 Å². The van der Waals surface area contributed by atoms with Gasteiger partial charge in [-0.1, -0.05) is 0 Å². The smallest absolute Gasteiger partial charge is 0.213 e. The topological polar surface area (TPSA) is 66.1 Å². The minimum Gasteiger partial charge on any atom is -0.478 e. The van der Waals surface area contributed by atoms with Crippen LogP contribution in [0.5, 0.6) is 5.88 Å². The Balaban J connectivity index is 2.23. The third-order valence-corrected chi connectivity index (χ3v) is 1.92. The lowest BCUT2D eigenvalue weighted by atomic mass is 10.2. The molecule has 0 radical (unpaired) electrons. The summed E-state index contributed by atoms with van der Waals surface area (Å²) in [6.45, 7) is 0.827. The molecule has 1 heterocycles. The molecule has 0 bridgehead atoms. The van der Waals surface area contributed by atoms with E-state index in [2.05, 4.69) is 4.98 Å². The number of rotatable bonds is 6. The molecule has 4 nitrogen and oxygen atoms in total. The molecular weight excluding hydrogens is 192 g/mol. The number of aliphatic hydroxyl groups excluding tert-OH is 1. The highest BCUT2D eigenvalue weighted by Crippen LogP contribution is 2.07. The fraction of sp³-hybridized carbons (Fsp3) is 0.455. The van der Waals surface area contributed by atoms with Gasteiger partial charge in [-0.25, -0.2) is 4.98 Å². The van der Waals surface area contributed by atoms with Crippen LogP contribution >= 0.6 is 0 Å². The Bertz CT molecular complexity index is 316. The first-order valence-electron chi connectivity index (χ1n) is 4.96. The quantitative estimate of drug-likeness (QED) is 0.716. The molecule has 0 atom stereocenters. The number of nitriles is 1. The standard InChI is InChI=1S/C11H14N2O2/c12-8-10-4-5-11(13-9-10)15-7-3-1-2-6-14/h4-5,9,14H,1-3,6-7H2. The molecule has 1 aromatic rings. The molecule has 0 amide bonds. The van der Waals surface area contributed by atoms with Crippen LogP contribution in [-0.4, -0.2) is 23.3 Å². The summed E-state index contributed by atoms with van der Waals surface area (Å²) in [6.07, 6.45) is 4.15. The maximum atomic E-state index is 8.56. The summed E-state index contributed by atoms with van der Waals surface area (Å²) in [5, 5.41) is 17.1. The minimum absolute atomic E-state index is 0.231. The van der Waals surface area contributed by atoms with Crippen molar-refractivity contribution in [2.75, 3.05) is 13.2 Å². The average molecular weight is 206 g/mol. The number of aliphatic hydroxyl groups is 1. The van der Waals surface area contributed by atoms with Crippen molar-refractivity contribution in [2.24, 2.45) is 0 Å². The summed E-state index contributed by atoms with van der Waals surface area (Å²) < 4.78 is 5.35. The van der Waals surface area contributed by atoms with Crippen molar-refractivity contribution >= 4 is 0 Å². The predicted octanol–water partition coefficient (Wildman–Crippen LogP) is 1.49. The zero-order valence-corrected chi connectivity index (χ0v) is 8.52. The molecule has 1 N–H and O–H groups in total.